The molecule has 0 radical (unpaired) electrons. The lowest BCUT2D eigenvalue weighted by atomic mass is 9.73. The van der Waals surface area contributed by atoms with Crippen LogP contribution in [0.4, 0.5) is 0 Å². The number of methoxy groups -OCH3 is 1. The Balaban J connectivity index is 0.00000137. The summed E-state index contributed by atoms with van der Waals surface area (Å²) in [6, 6.07) is 10.3. The van der Waals surface area contributed by atoms with Crippen molar-refractivity contribution in [3.63, 3.8) is 0 Å². The molecule has 0 spiro atoms. The van der Waals surface area contributed by atoms with Gasteiger partial charge < -0.3 is 15.0 Å². The van der Waals surface area contributed by atoms with Crippen LogP contribution in [0.3, 0.4) is 0 Å². The minimum Gasteiger partial charge on any atom is -0.496 e. The summed E-state index contributed by atoms with van der Waals surface area (Å²) >= 11 is 1.39. The normalized spacial score (nSPS) is 20.9. The van der Waals surface area contributed by atoms with Gasteiger partial charge in [-0.1, -0.05) is 12.1 Å². The monoisotopic (exact) mass is 520 g/mol. The lowest BCUT2D eigenvalue weighted by Gasteiger charge is -2.32. The zero-order valence-electron chi connectivity index (χ0n) is 18.6. The number of benzene rings is 1. The van der Waals surface area contributed by atoms with Gasteiger partial charge in [-0.15, -0.1) is 36.2 Å². The maximum Gasteiger partial charge on any atom is 0.328 e. The van der Waals surface area contributed by atoms with E-state index in [1.807, 2.05) is 18.2 Å². The molecule has 0 saturated carbocycles. The van der Waals surface area contributed by atoms with Crippen LogP contribution in [0.5, 0.6) is 5.75 Å². The number of aromatic amines is 1. The van der Waals surface area contributed by atoms with E-state index in [0.717, 1.165) is 36.3 Å². The van der Waals surface area contributed by atoms with Crippen LogP contribution in [0.25, 0.3) is 20.4 Å². The van der Waals surface area contributed by atoms with Gasteiger partial charge in [0.25, 0.3) is 5.56 Å². The van der Waals surface area contributed by atoms with Gasteiger partial charge in [0.1, 0.15) is 16.0 Å². The van der Waals surface area contributed by atoms with Crippen molar-refractivity contribution in [1.82, 2.24) is 19.9 Å². The third-order valence-electron chi connectivity index (χ3n) is 7.12. The molecule has 2 aliphatic rings. The predicted molar refractivity (Wildman–Crippen MR) is 140 cm³/mol. The summed E-state index contributed by atoms with van der Waals surface area (Å²) in [5, 5.41) is 3.67. The molecule has 3 aromatic heterocycles. The molecule has 3 atom stereocenters. The molecule has 1 aliphatic heterocycles. The van der Waals surface area contributed by atoms with Gasteiger partial charge >= 0.3 is 5.69 Å². The van der Waals surface area contributed by atoms with Crippen LogP contribution in [-0.2, 0) is 13.0 Å². The maximum atomic E-state index is 13.2. The van der Waals surface area contributed by atoms with Crippen LogP contribution >= 0.6 is 36.2 Å². The molecule has 1 aromatic carbocycles. The number of hydrogen-bond donors (Lipinski definition) is 2. The molecular formula is C24H26Cl2N4O3S. The molecular weight excluding hydrogens is 495 g/mol. The van der Waals surface area contributed by atoms with Crippen molar-refractivity contribution >= 4 is 56.6 Å². The summed E-state index contributed by atoms with van der Waals surface area (Å²) in [7, 11) is 1.73. The summed E-state index contributed by atoms with van der Waals surface area (Å²) in [4.78, 5) is 33.2. The molecule has 2 N–H and O–H groups in total. The summed E-state index contributed by atoms with van der Waals surface area (Å²) in [6.45, 7) is 1.35. The van der Waals surface area contributed by atoms with E-state index in [2.05, 4.69) is 27.4 Å². The topological polar surface area (TPSA) is 89.0 Å². The Labute approximate surface area is 212 Å². The second kappa shape index (κ2) is 9.70. The van der Waals surface area contributed by atoms with Gasteiger partial charge in [-0.05, 0) is 61.1 Å². The molecule has 6 rings (SSSR count). The number of ether oxygens (including phenoxy) is 1. The van der Waals surface area contributed by atoms with E-state index in [-0.39, 0.29) is 42.1 Å². The van der Waals surface area contributed by atoms with E-state index in [1.54, 1.807) is 13.3 Å². The highest BCUT2D eigenvalue weighted by Gasteiger charge is 2.40. The van der Waals surface area contributed by atoms with Crippen molar-refractivity contribution in [2.24, 2.45) is 5.92 Å². The lowest BCUT2D eigenvalue weighted by molar-refractivity contribution is 0.371. The van der Waals surface area contributed by atoms with Gasteiger partial charge in [-0.2, -0.15) is 0 Å². The Morgan fingerprint density at radius 3 is 2.88 bits per heavy atom. The summed E-state index contributed by atoms with van der Waals surface area (Å²) in [5.41, 5.74) is 3.29. The molecule has 34 heavy (non-hydrogen) atoms. The van der Waals surface area contributed by atoms with E-state index >= 15 is 0 Å². The molecule has 4 aromatic rings. The van der Waals surface area contributed by atoms with Gasteiger partial charge in [0, 0.05) is 24.7 Å². The van der Waals surface area contributed by atoms with Crippen molar-refractivity contribution in [2.45, 2.75) is 37.8 Å². The highest BCUT2D eigenvalue weighted by Crippen LogP contribution is 2.45. The number of fused-ring (bicyclic) bond motifs is 6. The molecule has 4 heterocycles. The summed E-state index contributed by atoms with van der Waals surface area (Å²) in [6.07, 6.45) is 4.56. The molecule has 0 amide bonds. The summed E-state index contributed by atoms with van der Waals surface area (Å²) < 4.78 is 8.42. The average Bonchev–Trinajstić information content (AvgIpc) is 3.40. The van der Waals surface area contributed by atoms with E-state index in [1.165, 1.54) is 27.0 Å². The van der Waals surface area contributed by atoms with Gasteiger partial charge in [0.05, 0.1) is 17.3 Å². The SMILES string of the molecule is COc1cccc2c1CC[C@@H]1CNC(CCn3c(=O)[nH]c4c(sc5cccnc54)c3=O)[C@H]21.Cl.Cl. The molecule has 1 aliphatic carbocycles. The molecule has 180 valence electrons. The third kappa shape index (κ3) is 3.82. The Morgan fingerprint density at radius 2 is 2.06 bits per heavy atom. The molecule has 10 heteroatoms. The molecule has 1 fully saturated rings. The number of aromatic nitrogens is 3. The van der Waals surface area contributed by atoms with Crippen LogP contribution in [-0.4, -0.2) is 34.2 Å². The van der Waals surface area contributed by atoms with Gasteiger partial charge in [-0.25, -0.2) is 4.79 Å². The number of H-pyrrole nitrogens is 1. The fraction of sp³-hybridized carbons (Fsp3) is 0.375. The standard InChI is InChI=1S/C24H24N4O3S.2ClH/c1-31-17-5-2-4-15-14(17)8-7-13-12-26-16(19(13)15)9-11-28-23(29)22-21(27-24(28)30)20-18(32-22)6-3-10-25-20;;/h2-6,10,13,16,19,26H,7-9,11-12H2,1H3,(H,27,30);2*1H/t13-,16?,19+;;/m1../s1. The Morgan fingerprint density at radius 1 is 1.21 bits per heavy atom. The van der Waals surface area contributed by atoms with Crippen molar-refractivity contribution < 1.29 is 4.74 Å². The number of thiophene rings is 1. The van der Waals surface area contributed by atoms with Crippen molar-refractivity contribution in [2.75, 3.05) is 13.7 Å². The number of halogens is 2. The first-order valence-electron chi connectivity index (χ1n) is 11.0. The zero-order chi connectivity index (χ0) is 21.8. The second-order valence-electron chi connectivity index (χ2n) is 8.70. The van der Waals surface area contributed by atoms with Crippen LogP contribution in [0, 0.1) is 5.92 Å². The van der Waals surface area contributed by atoms with Gasteiger partial charge in [0.15, 0.2) is 0 Å². The second-order valence-corrected chi connectivity index (χ2v) is 9.75. The quantitative estimate of drug-likeness (QED) is 0.426. The van der Waals surface area contributed by atoms with Crippen molar-refractivity contribution in [3.05, 3.63) is 68.5 Å². The Hall–Kier alpha value is -2.39. The molecule has 1 saturated heterocycles. The van der Waals surface area contributed by atoms with E-state index in [0.29, 0.717) is 34.1 Å². The number of rotatable bonds is 4. The maximum absolute atomic E-state index is 13.2. The van der Waals surface area contributed by atoms with E-state index in [4.69, 9.17) is 4.74 Å². The van der Waals surface area contributed by atoms with Gasteiger partial charge in [-0.3, -0.25) is 14.3 Å². The minimum absolute atomic E-state index is 0. The first-order chi connectivity index (χ1) is 15.7. The van der Waals surface area contributed by atoms with Crippen LogP contribution in [0.1, 0.15) is 29.9 Å². The fourth-order valence-electron chi connectivity index (χ4n) is 5.66. The molecule has 7 nitrogen and oxygen atoms in total. The van der Waals surface area contributed by atoms with Crippen molar-refractivity contribution in [1.29, 1.82) is 0 Å². The Kier molecular flexibility index (Phi) is 7.05. The first-order valence-corrected chi connectivity index (χ1v) is 11.9. The molecule has 1 unspecified atom stereocenters. The predicted octanol–water partition coefficient (Wildman–Crippen LogP) is 3.86. The third-order valence-corrected chi connectivity index (χ3v) is 8.26. The molecule has 0 bridgehead atoms. The average molecular weight is 521 g/mol. The van der Waals surface area contributed by atoms with E-state index < -0.39 is 0 Å². The number of nitrogens with one attached hydrogen (secondary N) is 2. The van der Waals surface area contributed by atoms with Gasteiger partial charge in [0.2, 0.25) is 0 Å². The highest BCUT2D eigenvalue weighted by atomic mass is 35.5. The first kappa shape index (κ1) is 24.7. The highest BCUT2D eigenvalue weighted by molar-refractivity contribution is 7.25. The fourth-order valence-corrected chi connectivity index (χ4v) is 6.72. The van der Waals surface area contributed by atoms with E-state index in [9.17, 15) is 9.59 Å². The Bertz CT molecular complexity index is 1460. The van der Waals surface area contributed by atoms with Crippen LogP contribution in [0.15, 0.2) is 46.1 Å². The number of pyridine rings is 1. The number of hydrogen-bond acceptors (Lipinski definition) is 6. The van der Waals surface area contributed by atoms with Crippen molar-refractivity contribution in [3.8, 4) is 5.75 Å². The van der Waals surface area contributed by atoms with Crippen LogP contribution < -0.4 is 21.3 Å². The van der Waals surface area contributed by atoms with Crippen LogP contribution in [0.2, 0.25) is 0 Å². The largest absolute Gasteiger partial charge is 0.496 e. The smallest absolute Gasteiger partial charge is 0.328 e. The summed E-state index contributed by atoms with van der Waals surface area (Å²) in [5.74, 6) is 1.91. The number of nitrogens with zero attached hydrogens (tertiary/aromatic N) is 2. The minimum atomic E-state index is -0.367. The lowest BCUT2D eigenvalue weighted by Crippen LogP contribution is -2.37. The zero-order valence-corrected chi connectivity index (χ0v) is 21.0.